The van der Waals surface area contributed by atoms with Crippen molar-refractivity contribution in [3.63, 3.8) is 0 Å². The second-order valence-corrected chi connectivity index (χ2v) is 8.91. The van der Waals surface area contributed by atoms with Crippen molar-refractivity contribution in [1.29, 1.82) is 0 Å². The van der Waals surface area contributed by atoms with Crippen LogP contribution in [0.2, 0.25) is 20.1 Å². The van der Waals surface area contributed by atoms with Gasteiger partial charge in [0.2, 0.25) is 11.8 Å². The van der Waals surface area contributed by atoms with Gasteiger partial charge in [-0.15, -0.1) is 0 Å². The minimum atomic E-state index is -0.620. The van der Waals surface area contributed by atoms with Crippen LogP contribution >= 0.6 is 46.4 Å². The lowest BCUT2D eigenvalue weighted by Crippen LogP contribution is -2.49. The number of nitrogens with one attached hydrogen (secondary N) is 1. The quantitative estimate of drug-likeness (QED) is 0.373. The van der Waals surface area contributed by atoms with Crippen LogP contribution in [0.3, 0.4) is 0 Å². The molecule has 0 aliphatic heterocycles. The minimum Gasteiger partial charge on any atom is -0.354 e. The molecule has 8 heteroatoms. The summed E-state index contributed by atoms with van der Waals surface area (Å²) in [5.74, 6) is -0.389. The Morgan fingerprint density at radius 1 is 0.968 bits per heavy atom. The molecule has 0 spiro atoms. The van der Waals surface area contributed by atoms with E-state index in [1.165, 1.54) is 0 Å². The zero-order chi connectivity index (χ0) is 23.0. The van der Waals surface area contributed by atoms with E-state index in [1.54, 1.807) is 41.3 Å². The molecule has 0 aliphatic carbocycles. The molecular weight excluding hydrogens is 478 g/mol. The highest BCUT2D eigenvalue weighted by atomic mass is 35.5. The van der Waals surface area contributed by atoms with E-state index in [4.69, 9.17) is 46.4 Å². The Morgan fingerprint density at radius 3 is 2.32 bits per heavy atom. The second-order valence-electron chi connectivity index (χ2n) is 7.25. The first-order chi connectivity index (χ1) is 14.8. The molecule has 0 bridgehead atoms. The van der Waals surface area contributed by atoms with Gasteiger partial charge in [-0.05, 0) is 48.2 Å². The molecule has 168 valence electrons. The molecule has 0 saturated carbocycles. The maximum atomic E-state index is 13.3. The van der Waals surface area contributed by atoms with E-state index in [-0.39, 0.29) is 24.8 Å². The van der Waals surface area contributed by atoms with Crippen molar-refractivity contribution >= 4 is 58.2 Å². The van der Waals surface area contributed by atoms with Gasteiger partial charge >= 0.3 is 0 Å². The molecule has 2 amide bonds. The summed E-state index contributed by atoms with van der Waals surface area (Å²) in [6.07, 6.45) is 2.37. The van der Waals surface area contributed by atoms with Crippen LogP contribution in [0, 0.1) is 0 Å². The predicted octanol–water partition coefficient (Wildman–Crippen LogP) is 6.57. The number of benzene rings is 2. The van der Waals surface area contributed by atoms with Gasteiger partial charge in [0.1, 0.15) is 6.04 Å². The van der Waals surface area contributed by atoms with Gasteiger partial charge in [0.15, 0.2) is 0 Å². The Morgan fingerprint density at radius 2 is 1.71 bits per heavy atom. The van der Waals surface area contributed by atoms with Gasteiger partial charge in [-0.3, -0.25) is 9.59 Å². The first-order valence-corrected chi connectivity index (χ1v) is 11.7. The third-order valence-electron chi connectivity index (χ3n) is 4.91. The molecular formula is C23H26Cl4N2O2. The zero-order valence-electron chi connectivity index (χ0n) is 17.6. The standard InChI is InChI=1S/C23H26Cl4N2O2/c1-3-5-10-28-23(31)21(4-2)29(14-15-6-9-18(25)20(27)11-15)22(30)12-16-7-8-17(24)13-19(16)26/h6-9,11,13,21H,3-5,10,12,14H2,1-2H3,(H,28,31)/t21-/m1/s1. The highest BCUT2D eigenvalue weighted by Crippen LogP contribution is 2.26. The van der Waals surface area contributed by atoms with Crippen LogP contribution < -0.4 is 5.32 Å². The lowest BCUT2D eigenvalue weighted by molar-refractivity contribution is -0.140. The Bertz CT molecular complexity index is 920. The van der Waals surface area contributed by atoms with E-state index in [0.717, 1.165) is 18.4 Å². The van der Waals surface area contributed by atoms with E-state index in [9.17, 15) is 9.59 Å². The Kier molecular flexibility index (Phi) is 10.4. The summed E-state index contributed by atoms with van der Waals surface area (Å²) in [5, 5.41) is 4.67. The number of halogens is 4. The first kappa shape index (κ1) is 25.8. The first-order valence-electron chi connectivity index (χ1n) is 10.2. The molecule has 1 atom stereocenters. The highest BCUT2D eigenvalue weighted by molar-refractivity contribution is 6.42. The Balaban J connectivity index is 2.31. The summed E-state index contributed by atoms with van der Waals surface area (Å²) >= 11 is 24.4. The Hall–Kier alpha value is -1.46. The SMILES string of the molecule is CCCCNC(=O)[C@@H](CC)N(Cc1ccc(Cl)c(Cl)c1)C(=O)Cc1ccc(Cl)cc1Cl. The van der Waals surface area contributed by atoms with Crippen molar-refractivity contribution in [3.8, 4) is 0 Å². The molecule has 0 aliphatic rings. The van der Waals surface area contributed by atoms with Gasteiger partial charge in [0.25, 0.3) is 0 Å². The Labute approximate surface area is 203 Å². The maximum absolute atomic E-state index is 13.3. The van der Waals surface area contributed by atoms with Gasteiger partial charge in [-0.1, -0.05) is 78.8 Å². The van der Waals surface area contributed by atoms with Gasteiger partial charge in [-0.25, -0.2) is 0 Å². The lowest BCUT2D eigenvalue weighted by Gasteiger charge is -2.31. The summed E-state index contributed by atoms with van der Waals surface area (Å²) < 4.78 is 0. The number of rotatable bonds is 10. The molecule has 2 rings (SSSR count). The summed E-state index contributed by atoms with van der Waals surface area (Å²) in [7, 11) is 0. The number of hydrogen-bond donors (Lipinski definition) is 1. The molecule has 0 fully saturated rings. The fourth-order valence-electron chi connectivity index (χ4n) is 3.19. The molecule has 4 nitrogen and oxygen atoms in total. The zero-order valence-corrected chi connectivity index (χ0v) is 20.6. The van der Waals surface area contributed by atoms with Crippen LogP contribution in [0.15, 0.2) is 36.4 Å². The number of amides is 2. The topological polar surface area (TPSA) is 49.4 Å². The van der Waals surface area contributed by atoms with Crippen LogP contribution in [-0.4, -0.2) is 29.3 Å². The van der Waals surface area contributed by atoms with E-state index in [0.29, 0.717) is 38.6 Å². The van der Waals surface area contributed by atoms with Crippen molar-refractivity contribution in [3.05, 3.63) is 67.6 Å². The summed E-state index contributed by atoms with van der Waals surface area (Å²) in [6.45, 7) is 4.73. The van der Waals surface area contributed by atoms with Crippen molar-refractivity contribution in [2.45, 2.75) is 52.1 Å². The van der Waals surface area contributed by atoms with Crippen molar-refractivity contribution in [2.24, 2.45) is 0 Å². The maximum Gasteiger partial charge on any atom is 0.242 e. The molecule has 0 saturated heterocycles. The fourth-order valence-corrected chi connectivity index (χ4v) is 3.99. The van der Waals surface area contributed by atoms with Crippen LogP contribution in [0.4, 0.5) is 0 Å². The summed E-state index contributed by atoms with van der Waals surface area (Å²) in [4.78, 5) is 27.8. The molecule has 1 N–H and O–H groups in total. The number of carbonyl (C=O) groups is 2. The van der Waals surface area contributed by atoms with Crippen LogP contribution in [0.25, 0.3) is 0 Å². The van der Waals surface area contributed by atoms with E-state index in [2.05, 4.69) is 12.2 Å². The summed E-state index contributed by atoms with van der Waals surface area (Å²) in [6, 6.07) is 9.58. The molecule has 0 heterocycles. The fraction of sp³-hybridized carbons (Fsp3) is 0.391. The monoisotopic (exact) mass is 502 g/mol. The minimum absolute atomic E-state index is 0.0517. The highest BCUT2D eigenvalue weighted by Gasteiger charge is 2.29. The molecule has 0 unspecified atom stereocenters. The summed E-state index contributed by atoms with van der Waals surface area (Å²) in [5.41, 5.74) is 1.43. The smallest absolute Gasteiger partial charge is 0.242 e. The predicted molar refractivity (Wildman–Crippen MR) is 129 cm³/mol. The number of hydrogen-bond acceptors (Lipinski definition) is 2. The van der Waals surface area contributed by atoms with E-state index >= 15 is 0 Å². The molecule has 0 radical (unpaired) electrons. The van der Waals surface area contributed by atoms with Crippen LogP contribution in [-0.2, 0) is 22.6 Å². The lowest BCUT2D eigenvalue weighted by atomic mass is 10.1. The average Bonchev–Trinajstić information content (AvgIpc) is 2.72. The van der Waals surface area contributed by atoms with Gasteiger partial charge in [-0.2, -0.15) is 0 Å². The normalized spacial score (nSPS) is 11.8. The van der Waals surface area contributed by atoms with Gasteiger partial charge in [0, 0.05) is 23.1 Å². The number of carbonyl (C=O) groups excluding carboxylic acids is 2. The molecule has 2 aromatic carbocycles. The van der Waals surface area contributed by atoms with Gasteiger partial charge in [0.05, 0.1) is 16.5 Å². The molecule has 31 heavy (non-hydrogen) atoms. The van der Waals surface area contributed by atoms with Gasteiger partial charge < -0.3 is 10.2 Å². The van der Waals surface area contributed by atoms with E-state index in [1.807, 2.05) is 6.92 Å². The molecule has 2 aromatic rings. The third-order valence-corrected chi connectivity index (χ3v) is 6.24. The number of unbranched alkanes of at least 4 members (excludes halogenated alkanes) is 1. The van der Waals surface area contributed by atoms with Crippen LogP contribution in [0.5, 0.6) is 0 Å². The second kappa shape index (κ2) is 12.5. The van der Waals surface area contributed by atoms with Crippen LogP contribution in [0.1, 0.15) is 44.2 Å². The number of nitrogens with zero attached hydrogens (tertiary/aromatic N) is 1. The van der Waals surface area contributed by atoms with E-state index < -0.39 is 6.04 Å². The molecule has 0 aromatic heterocycles. The van der Waals surface area contributed by atoms with Crippen molar-refractivity contribution in [1.82, 2.24) is 10.2 Å². The van der Waals surface area contributed by atoms with Crippen molar-refractivity contribution in [2.75, 3.05) is 6.54 Å². The third kappa shape index (κ3) is 7.57. The largest absolute Gasteiger partial charge is 0.354 e. The van der Waals surface area contributed by atoms with Crippen molar-refractivity contribution < 1.29 is 9.59 Å². The average molecular weight is 504 g/mol.